The Bertz CT molecular complexity index is 66.1. The minimum Gasteiger partial charge on any atom is -0.330 e. The smallest absolute Gasteiger partial charge is 0.241 e. The van der Waals surface area contributed by atoms with Gasteiger partial charge in [-0.15, -0.1) is 0 Å². The van der Waals surface area contributed by atoms with E-state index < -0.39 is 12.3 Å². The van der Waals surface area contributed by atoms with Gasteiger partial charge in [0.05, 0.1) is 0 Å². The SMILES string of the molecule is CCC(CCN)C(F)F. The maximum Gasteiger partial charge on any atom is 0.241 e. The van der Waals surface area contributed by atoms with E-state index in [1.54, 1.807) is 6.92 Å². The van der Waals surface area contributed by atoms with Crippen LogP contribution < -0.4 is 5.73 Å². The lowest BCUT2D eigenvalue weighted by atomic mass is 10.0. The highest BCUT2D eigenvalue weighted by molar-refractivity contribution is 4.58. The molecule has 9 heavy (non-hydrogen) atoms. The summed E-state index contributed by atoms with van der Waals surface area (Å²) in [5.74, 6) is -0.491. The Labute approximate surface area is 54.2 Å². The molecular formula is C6H13F2N. The molecule has 0 saturated carbocycles. The molecule has 0 radical (unpaired) electrons. The fraction of sp³-hybridized carbons (Fsp3) is 1.00. The average Bonchev–Trinajstić information content (AvgIpc) is 1.82. The maximum atomic E-state index is 11.8. The van der Waals surface area contributed by atoms with Crippen molar-refractivity contribution in [1.29, 1.82) is 0 Å². The minimum absolute atomic E-state index is 0.364. The first-order valence-corrected chi connectivity index (χ1v) is 3.20. The normalized spacial score (nSPS) is 14.3. The number of alkyl halides is 2. The van der Waals surface area contributed by atoms with Crippen LogP contribution in [0, 0.1) is 5.92 Å². The summed E-state index contributed by atoms with van der Waals surface area (Å²) in [4.78, 5) is 0. The second kappa shape index (κ2) is 4.68. The highest BCUT2D eigenvalue weighted by atomic mass is 19.3. The van der Waals surface area contributed by atoms with E-state index in [2.05, 4.69) is 0 Å². The van der Waals surface area contributed by atoms with Gasteiger partial charge in [-0.2, -0.15) is 0 Å². The van der Waals surface area contributed by atoms with Gasteiger partial charge in [-0.1, -0.05) is 6.92 Å². The molecule has 0 aromatic carbocycles. The predicted octanol–water partition coefficient (Wildman–Crippen LogP) is 1.63. The van der Waals surface area contributed by atoms with E-state index in [1.165, 1.54) is 0 Å². The predicted molar refractivity (Wildman–Crippen MR) is 33.5 cm³/mol. The molecule has 56 valence electrons. The lowest BCUT2D eigenvalue weighted by Crippen LogP contribution is -2.14. The van der Waals surface area contributed by atoms with E-state index in [1.807, 2.05) is 0 Å². The fourth-order valence-corrected chi connectivity index (χ4v) is 0.722. The third-order valence-electron chi connectivity index (χ3n) is 1.42. The number of halogens is 2. The Hall–Kier alpha value is -0.180. The second-order valence-corrected chi connectivity index (χ2v) is 2.08. The Kier molecular flexibility index (Phi) is 4.58. The molecule has 0 bridgehead atoms. The quantitative estimate of drug-likeness (QED) is 0.626. The monoisotopic (exact) mass is 137 g/mol. The van der Waals surface area contributed by atoms with Crippen LogP contribution in [0.15, 0.2) is 0 Å². The van der Waals surface area contributed by atoms with E-state index in [4.69, 9.17) is 5.73 Å². The van der Waals surface area contributed by atoms with Crippen LogP contribution in [0.3, 0.4) is 0 Å². The van der Waals surface area contributed by atoms with Crippen LogP contribution in [0.4, 0.5) is 8.78 Å². The van der Waals surface area contributed by atoms with Gasteiger partial charge in [0.2, 0.25) is 6.43 Å². The molecule has 0 aromatic rings. The summed E-state index contributed by atoms with van der Waals surface area (Å²) < 4.78 is 23.7. The molecule has 0 rings (SSSR count). The molecule has 0 spiro atoms. The summed E-state index contributed by atoms with van der Waals surface area (Å²) >= 11 is 0. The average molecular weight is 137 g/mol. The van der Waals surface area contributed by atoms with Gasteiger partial charge in [0.1, 0.15) is 0 Å². The van der Waals surface area contributed by atoms with Crippen molar-refractivity contribution in [1.82, 2.24) is 0 Å². The molecule has 3 heteroatoms. The van der Waals surface area contributed by atoms with Crippen LogP contribution in [-0.4, -0.2) is 13.0 Å². The molecule has 0 fully saturated rings. The van der Waals surface area contributed by atoms with Gasteiger partial charge in [0.15, 0.2) is 0 Å². The van der Waals surface area contributed by atoms with Crippen molar-refractivity contribution < 1.29 is 8.78 Å². The molecule has 1 nitrogen and oxygen atoms in total. The molecule has 0 aliphatic carbocycles. The number of hydrogen-bond donors (Lipinski definition) is 1. The van der Waals surface area contributed by atoms with Crippen LogP contribution in [-0.2, 0) is 0 Å². The highest BCUT2D eigenvalue weighted by Crippen LogP contribution is 2.16. The van der Waals surface area contributed by atoms with Gasteiger partial charge in [-0.05, 0) is 19.4 Å². The van der Waals surface area contributed by atoms with Gasteiger partial charge < -0.3 is 5.73 Å². The van der Waals surface area contributed by atoms with E-state index >= 15 is 0 Å². The summed E-state index contributed by atoms with van der Waals surface area (Å²) in [6.07, 6.45) is -1.23. The molecular weight excluding hydrogens is 124 g/mol. The standard InChI is InChI=1S/C6H13F2N/c1-2-5(3-4-9)6(7)8/h5-6H,2-4,9H2,1H3. The van der Waals surface area contributed by atoms with Crippen LogP contribution in [0.2, 0.25) is 0 Å². The zero-order valence-corrected chi connectivity index (χ0v) is 5.61. The van der Waals surface area contributed by atoms with Gasteiger partial charge in [0, 0.05) is 5.92 Å². The third kappa shape index (κ3) is 3.40. The lowest BCUT2D eigenvalue weighted by Gasteiger charge is -2.10. The van der Waals surface area contributed by atoms with Crippen molar-refractivity contribution in [3.05, 3.63) is 0 Å². The molecule has 0 aromatic heterocycles. The summed E-state index contributed by atoms with van der Waals surface area (Å²) in [6.45, 7) is 2.12. The molecule has 0 aliphatic rings. The summed E-state index contributed by atoms with van der Waals surface area (Å²) in [7, 11) is 0. The van der Waals surface area contributed by atoms with Crippen molar-refractivity contribution in [3.8, 4) is 0 Å². The zero-order valence-electron chi connectivity index (χ0n) is 5.61. The minimum atomic E-state index is -2.20. The van der Waals surface area contributed by atoms with Gasteiger partial charge in [0.25, 0.3) is 0 Å². The molecule has 1 atom stereocenters. The molecule has 2 N–H and O–H groups in total. The molecule has 1 unspecified atom stereocenters. The Balaban J connectivity index is 3.41. The van der Waals surface area contributed by atoms with Crippen LogP contribution >= 0.6 is 0 Å². The van der Waals surface area contributed by atoms with Crippen LogP contribution in [0.1, 0.15) is 19.8 Å². The van der Waals surface area contributed by atoms with E-state index in [-0.39, 0.29) is 0 Å². The first-order valence-electron chi connectivity index (χ1n) is 3.20. The van der Waals surface area contributed by atoms with Crippen molar-refractivity contribution >= 4 is 0 Å². The largest absolute Gasteiger partial charge is 0.330 e. The second-order valence-electron chi connectivity index (χ2n) is 2.08. The summed E-state index contributed by atoms with van der Waals surface area (Å²) in [5.41, 5.74) is 5.11. The van der Waals surface area contributed by atoms with Crippen LogP contribution in [0.5, 0.6) is 0 Å². The van der Waals surface area contributed by atoms with Crippen molar-refractivity contribution in [3.63, 3.8) is 0 Å². The molecule has 0 saturated heterocycles. The van der Waals surface area contributed by atoms with Crippen LogP contribution in [0.25, 0.3) is 0 Å². The maximum absolute atomic E-state index is 11.8. The molecule has 0 heterocycles. The molecule has 0 amide bonds. The van der Waals surface area contributed by atoms with Gasteiger partial charge in [-0.3, -0.25) is 0 Å². The first-order chi connectivity index (χ1) is 4.22. The Morgan fingerprint density at radius 1 is 1.44 bits per heavy atom. The molecule has 0 aliphatic heterocycles. The van der Waals surface area contributed by atoms with Crippen molar-refractivity contribution in [2.45, 2.75) is 26.2 Å². The number of nitrogens with two attached hydrogens (primary N) is 1. The number of hydrogen-bond acceptors (Lipinski definition) is 1. The van der Waals surface area contributed by atoms with E-state index in [9.17, 15) is 8.78 Å². The van der Waals surface area contributed by atoms with E-state index in [0.717, 1.165) is 0 Å². The summed E-state index contributed by atoms with van der Waals surface area (Å²) in [6, 6.07) is 0. The van der Waals surface area contributed by atoms with Crippen molar-refractivity contribution in [2.24, 2.45) is 11.7 Å². The zero-order chi connectivity index (χ0) is 7.28. The lowest BCUT2D eigenvalue weighted by molar-refractivity contribution is 0.0715. The highest BCUT2D eigenvalue weighted by Gasteiger charge is 2.16. The summed E-state index contributed by atoms with van der Waals surface area (Å²) in [5, 5.41) is 0. The number of rotatable bonds is 4. The van der Waals surface area contributed by atoms with E-state index in [0.29, 0.717) is 19.4 Å². The Morgan fingerprint density at radius 3 is 2.11 bits per heavy atom. The topological polar surface area (TPSA) is 26.0 Å². The van der Waals surface area contributed by atoms with Gasteiger partial charge in [-0.25, -0.2) is 8.78 Å². The van der Waals surface area contributed by atoms with Crippen molar-refractivity contribution in [2.75, 3.05) is 6.54 Å². The first kappa shape index (κ1) is 8.82. The van der Waals surface area contributed by atoms with Gasteiger partial charge >= 0.3 is 0 Å². The fourth-order valence-electron chi connectivity index (χ4n) is 0.722. The third-order valence-corrected chi connectivity index (χ3v) is 1.42. The Morgan fingerprint density at radius 2 is 2.00 bits per heavy atom.